The molecule has 0 radical (unpaired) electrons. The van der Waals surface area contributed by atoms with E-state index in [1.807, 2.05) is 48.5 Å². The van der Waals surface area contributed by atoms with Crippen molar-refractivity contribution in [2.24, 2.45) is 0 Å². The molecule has 8 nitrogen and oxygen atoms in total. The van der Waals surface area contributed by atoms with Gasteiger partial charge in [-0.05, 0) is 72.8 Å². The van der Waals surface area contributed by atoms with Gasteiger partial charge in [0.15, 0.2) is 23.0 Å². The van der Waals surface area contributed by atoms with Crippen molar-refractivity contribution in [3.05, 3.63) is 169 Å². The van der Waals surface area contributed by atoms with E-state index >= 15 is 0 Å². The van der Waals surface area contributed by atoms with Crippen molar-refractivity contribution in [2.75, 3.05) is 0 Å². The third kappa shape index (κ3) is 7.32. The number of para-hydroxylation sites is 6. The molecular weight excluding hydrogens is 584 g/mol. The number of ether oxygens (including phenoxy) is 4. The van der Waals surface area contributed by atoms with Crippen LogP contribution in [0.5, 0.6) is 46.0 Å². The quantitative estimate of drug-likeness (QED) is 0.112. The first-order valence-electron chi connectivity index (χ1n) is 14.2. The lowest BCUT2D eigenvalue weighted by Crippen LogP contribution is -2.14. The van der Waals surface area contributed by atoms with E-state index in [9.17, 15) is 9.59 Å². The summed E-state index contributed by atoms with van der Waals surface area (Å²) in [5.41, 5.74) is -0.0704. The van der Waals surface area contributed by atoms with Gasteiger partial charge in [0.2, 0.25) is 0 Å². The van der Waals surface area contributed by atoms with Gasteiger partial charge in [-0.3, -0.25) is 0 Å². The van der Waals surface area contributed by atoms with Gasteiger partial charge in [-0.25, -0.2) is 19.4 Å². The number of hydrogen-bond acceptors (Lipinski definition) is 8. The molecule has 0 heterocycles. The first-order valence-corrected chi connectivity index (χ1v) is 14.2. The molecule has 0 bridgehead atoms. The standard InChI is InChI=1S/C38H26O8/c39-37(31-23-13-25-33(41-27-15-5-1-6-16-27)35(31)43-29-19-9-3-10-20-29)45-46-38(40)32-24-14-26-34(42-28-17-7-2-8-18-28)36(32)44-30-21-11-4-12-22-30/h1-26H. The van der Waals surface area contributed by atoms with E-state index in [4.69, 9.17) is 28.7 Å². The molecule has 0 atom stereocenters. The molecular formula is C38H26O8. The molecule has 0 N–H and O–H groups in total. The molecule has 0 aliphatic carbocycles. The van der Waals surface area contributed by atoms with E-state index in [-0.39, 0.29) is 34.1 Å². The monoisotopic (exact) mass is 610 g/mol. The molecule has 226 valence electrons. The van der Waals surface area contributed by atoms with E-state index in [0.29, 0.717) is 23.0 Å². The van der Waals surface area contributed by atoms with E-state index in [1.54, 1.807) is 97.1 Å². The Morgan fingerprint density at radius 1 is 0.326 bits per heavy atom. The molecule has 0 saturated carbocycles. The van der Waals surface area contributed by atoms with Gasteiger partial charge in [0, 0.05) is 0 Å². The normalized spacial score (nSPS) is 10.3. The Morgan fingerprint density at radius 3 is 0.957 bits per heavy atom. The third-order valence-corrected chi connectivity index (χ3v) is 6.46. The summed E-state index contributed by atoms with van der Waals surface area (Å²) in [6.45, 7) is 0. The molecule has 0 aromatic heterocycles. The zero-order valence-electron chi connectivity index (χ0n) is 24.3. The van der Waals surface area contributed by atoms with Crippen LogP contribution in [0.1, 0.15) is 20.7 Å². The fourth-order valence-corrected chi connectivity index (χ4v) is 4.33. The fraction of sp³-hybridized carbons (Fsp3) is 0. The third-order valence-electron chi connectivity index (χ3n) is 6.46. The van der Waals surface area contributed by atoms with E-state index < -0.39 is 11.9 Å². The van der Waals surface area contributed by atoms with Crippen molar-refractivity contribution in [1.82, 2.24) is 0 Å². The lowest BCUT2D eigenvalue weighted by Gasteiger charge is -2.16. The van der Waals surface area contributed by atoms with Gasteiger partial charge in [0.25, 0.3) is 0 Å². The Hall–Kier alpha value is -6.54. The first-order chi connectivity index (χ1) is 22.6. The van der Waals surface area contributed by atoms with E-state index in [0.717, 1.165) is 0 Å². The van der Waals surface area contributed by atoms with E-state index in [1.165, 1.54) is 12.1 Å². The van der Waals surface area contributed by atoms with E-state index in [2.05, 4.69) is 0 Å². The molecule has 6 rings (SSSR count). The van der Waals surface area contributed by atoms with Gasteiger partial charge in [0.05, 0.1) is 0 Å². The summed E-state index contributed by atoms with van der Waals surface area (Å²) in [4.78, 5) is 36.9. The maximum absolute atomic E-state index is 13.4. The topological polar surface area (TPSA) is 89.5 Å². The predicted octanol–water partition coefficient (Wildman–Crippen LogP) is 9.78. The minimum Gasteiger partial charge on any atom is -0.453 e. The van der Waals surface area contributed by atoms with Crippen molar-refractivity contribution >= 4 is 11.9 Å². The first kappa shape index (κ1) is 29.5. The summed E-state index contributed by atoms with van der Waals surface area (Å²) in [7, 11) is 0. The highest BCUT2D eigenvalue weighted by atomic mass is 17.2. The SMILES string of the molecule is O=C(OOC(=O)c1cccc(Oc2ccccc2)c1Oc1ccccc1)c1cccc(Oc2ccccc2)c1Oc1ccccc1. The Bertz CT molecular complexity index is 1770. The number of carbonyl (C=O) groups excluding carboxylic acids is 2. The van der Waals surface area contributed by atoms with Crippen LogP contribution >= 0.6 is 0 Å². The molecule has 46 heavy (non-hydrogen) atoms. The number of carbonyl (C=O) groups is 2. The second-order valence-electron chi connectivity index (χ2n) is 9.67. The van der Waals surface area contributed by atoms with Crippen LogP contribution in [0.3, 0.4) is 0 Å². The molecule has 0 unspecified atom stereocenters. The molecule has 0 saturated heterocycles. The number of benzene rings is 6. The smallest absolute Gasteiger partial charge is 0.390 e. The average molecular weight is 611 g/mol. The second-order valence-corrected chi connectivity index (χ2v) is 9.67. The highest BCUT2D eigenvalue weighted by Crippen LogP contribution is 2.40. The summed E-state index contributed by atoms with van der Waals surface area (Å²) in [5, 5.41) is 0. The van der Waals surface area contributed by atoms with Crippen molar-refractivity contribution in [1.29, 1.82) is 0 Å². The van der Waals surface area contributed by atoms with Crippen molar-refractivity contribution < 1.29 is 38.3 Å². The van der Waals surface area contributed by atoms with Crippen LogP contribution in [-0.2, 0) is 9.78 Å². The van der Waals surface area contributed by atoms with Gasteiger partial charge in [-0.1, -0.05) is 84.9 Å². The highest BCUT2D eigenvalue weighted by Gasteiger charge is 2.25. The zero-order chi connectivity index (χ0) is 31.6. The number of hydrogen-bond donors (Lipinski definition) is 0. The summed E-state index contributed by atoms with van der Waals surface area (Å²) < 4.78 is 24.2. The van der Waals surface area contributed by atoms with Crippen molar-refractivity contribution in [3.8, 4) is 46.0 Å². The summed E-state index contributed by atoms with van der Waals surface area (Å²) >= 11 is 0. The largest absolute Gasteiger partial charge is 0.453 e. The summed E-state index contributed by atoms with van der Waals surface area (Å²) in [5.74, 6) is 0.642. The molecule has 0 spiro atoms. The number of rotatable bonds is 10. The Morgan fingerprint density at radius 2 is 0.630 bits per heavy atom. The molecule has 0 aliphatic heterocycles. The highest BCUT2D eigenvalue weighted by molar-refractivity contribution is 5.96. The predicted molar refractivity (Wildman–Crippen MR) is 170 cm³/mol. The Labute approximate surface area is 264 Å². The molecule has 8 heteroatoms. The van der Waals surface area contributed by atoms with Crippen molar-refractivity contribution in [3.63, 3.8) is 0 Å². The van der Waals surface area contributed by atoms with Crippen LogP contribution in [0.25, 0.3) is 0 Å². The maximum Gasteiger partial charge on any atom is 0.390 e. The molecule has 0 fully saturated rings. The van der Waals surface area contributed by atoms with Crippen LogP contribution in [0.2, 0.25) is 0 Å². The minimum atomic E-state index is -0.986. The van der Waals surface area contributed by atoms with Gasteiger partial charge in [-0.2, -0.15) is 0 Å². The summed E-state index contributed by atoms with van der Waals surface area (Å²) in [6.07, 6.45) is 0. The van der Waals surface area contributed by atoms with Gasteiger partial charge in [0.1, 0.15) is 34.1 Å². The van der Waals surface area contributed by atoms with Crippen molar-refractivity contribution in [2.45, 2.75) is 0 Å². The zero-order valence-corrected chi connectivity index (χ0v) is 24.3. The fourth-order valence-electron chi connectivity index (χ4n) is 4.33. The van der Waals surface area contributed by atoms with Gasteiger partial charge >= 0.3 is 11.9 Å². The average Bonchev–Trinajstić information content (AvgIpc) is 3.10. The summed E-state index contributed by atoms with van der Waals surface area (Å²) in [6, 6.07) is 45.3. The molecule has 0 amide bonds. The van der Waals surface area contributed by atoms with Crippen LogP contribution in [0.15, 0.2) is 158 Å². The maximum atomic E-state index is 13.4. The van der Waals surface area contributed by atoms with Crippen LogP contribution < -0.4 is 18.9 Å². The second kappa shape index (κ2) is 14.3. The Kier molecular flexibility index (Phi) is 9.17. The Balaban J connectivity index is 1.27. The lowest BCUT2D eigenvalue weighted by molar-refractivity contribution is -0.187. The minimum absolute atomic E-state index is 0.0352. The van der Waals surface area contributed by atoms with Crippen LogP contribution in [-0.4, -0.2) is 11.9 Å². The van der Waals surface area contributed by atoms with Crippen LogP contribution in [0, 0.1) is 0 Å². The molecule has 0 aliphatic rings. The molecule has 6 aromatic rings. The lowest BCUT2D eigenvalue weighted by atomic mass is 10.2. The molecule has 6 aromatic carbocycles. The van der Waals surface area contributed by atoms with Gasteiger partial charge in [-0.15, -0.1) is 0 Å². The van der Waals surface area contributed by atoms with Gasteiger partial charge < -0.3 is 18.9 Å². The van der Waals surface area contributed by atoms with Crippen LogP contribution in [0.4, 0.5) is 0 Å².